The van der Waals surface area contributed by atoms with Crippen LogP contribution in [-0.4, -0.2) is 10.1 Å². The third kappa shape index (κ3) is 2.01. The lowest BCUT2D eigenvalue weighted by Gasteiger charge is -2.11. The van der Waals surface area contributed by atoms with Gasteiger partial charge in [0.2, 0.25) is 0 Å². The van der Waals surface area contributed by atoms with Crippen molar-refractivity contribution in [3.8, 4) is 0 Å². The van der Waals surface area contributed by atoms with Crippen molar-refractivity contribution in [2.75, 3.05) is 5.73 Å². The van der Waals surface area contributed by atoms with Crippen molar-refractivity contribution in [1.82, 2.24) is 4.98 Å². The Hall–Kier alpha value is -0.750. The molecular weight excluding hydrogens is 258 g/mol. The minimum absolute atomic E-state index is 0.195. The maximum atomic E-state index is 12.5. The summed E-state index contributed by atoms with van der Waals surface area (Å²) in [6.45, 7) is -0.366. The molecule has 0 spiro atoms. The van der Waals surface area contributed by atoms with Gasteiger partial charge in [-0.15, -0.1) is 0 Å². The van der Waals surface area contributed by atoms with Gasteiger partial charge in [-0.05, 0) is 5.56 Å². The second kappa shape index (κ2) is 4.65. The normalized spacial score (nSPS) is 10.9. The molecule has 0 amide bonds. The standard InChI is InChI=1S/C8H9BrF2N2O/c9-1-4-5(3-14)6(12)2-13-7(4)8(10)11/h2,8,14H,1,3,12H2. The van der Waals surface area contributed by atoms with Gasteiger partial charge in [0.25, 0.3) is 6.43 Å². The number of aliphatic hydroxyl groups excluding tert-OH is 1. The fraction of sp³-hybridized carbons (Fsp3) is 0.375. The van der Waals surface area contributed by atoms with E-state index >= 15 is 0 Å². The minimum atomic E-state index is -2.66. The molecule has 0 aliphatic rings. The highest BCUT2D eigenvalue weighted by Gasteiger charge is 2.18. The maximum absolute atomic E-state index is 12.5. The summed E-state index contributed by atoms with van der Waals surface area (Å²) in [7, 11) is 0. The largest absolute Gasteiger partial charge is 0.397 e. The third-order valence-corrected chi connectivity index (χ3v) is 2.42. The molecule has 3 N–H and O–H groups in total. The van der Waals surface area contributed by atoms with Gasteiger partial charge in [-0.2, -0.15) is 0 Å². The van der Waals surface area contributed by atoms with Gasteiger partial charge in [0.1, 0.15) is 5.69 Å². The predicted molar refractivity (Wildman–Crippen MR) is 52.2 cm³/mol. The van der Waals surface area contributed by atoms with Gasteiger partial charge < -0.3 is 10.8 Å². The molecule has 3 nitrogen and oxygen atoms in total. The SMILES string of the molecule is Nc1cnc(C(F)F)c(CBr)c1CO. The van der Waals surface area contributed by atoms with Crippen molar-refractivity contribution < 1.29 is 13.9 Å². The summed E-state index contributed by atoms with van der Waals surface area (Å²) in [6, 6.07) is 0. The maximum Gasteiger partial charge on any atom is 0.280 e. The summed E-state index contributed by atoms with van der Waals surface area (Å²) in [5.74, 6) is 0. The lowest BCUT2D eigenvalue weighted by Crippen LogP contribution is -2.06. The summed E-state index contributed by atoms with van der Waals surface area (Å²) in [4.78, 5) is 3.54. The summed E-state index contributed by atoms with van der Waals surface area (Å²) in [6.07, 6.45) is -1.52. The number of nitrogens with two attached hydrogens (primary N) is 1. The number of alkyl halides is 3. The average Bonchev–Trinajstić information content (AvgIpc) is 2.16. The van der Waals surface area contributed by atoms with Gasteiger partial charge in [0.15, 0.2) is 0 Å². The van der Waals surface area contributed by atoms with E-state index in [4.69, 9.17) is 10.8 Å². The van der Waals surface area contributed by atoms with Crippen LogP contribution in [-0.2, 0) is 11.9 Å². The van der Waals surface area contributed by atoms with Gasteiger partial charge >= 0.3 is 0 Å². The summed E-state index contributed by atoms with van der Waals surface area (Å²) < 4.78 is 24.9. The molecule has 0 bridgehead atoms. The number of halogens is 3. The summed E-state index contributed by atoms with van der Waals surface area (Å²) in [5.41, 5.74) is 5.96. The van der Waals surface area contributed by atoms with Crippen LogP contribution in [0.15, 0.2) is 6.20 Å². The Labute approximate surface area is 88.1 Å². The van der Waals surface area contributed by atoms with Crippen LogP contribution in [0, 0.1) is 0 Å². The van der Waals surface area contributed by atoms with Gasteiger partial charge in [-0.1, -0.05) is 15.9 Å². The molecule has 1 heterocycles. The molecule has 0 atom stereocenters. The topological polar surface area (TPSA) is 59.1 Å². The number of nitrogen functional groups attached to an aromatic ring is 1. The molecule has 0 radical (unpaired) electrons. The fourth-order valence-electron chi connectivity index (χ4n) is 1.15. The van der Waals surface area contributed by atoms with Crippen molar-refractivity contribution in [3.05, 3.63) is 23.0 Å². The number of anilines is 1. The Kier molecular flexibility index (Phi) is 3.77. The Bertz CT molecular complexity index is 333. The fourth-order valence-corrected chi connectivity index (χ4v) is 1.77. The van der Waals surface area contributed by atoms with E-state index in [0.717, 1.165) is 6.20 Å². The number of aromatic nitrogens is 1. The molecule has 0 aliphatic carbocycles. The molecule has 6 heteroatoms. The Morgan fingerprint density at radius 2 is 2.14 bits per heavy atom. The lowest BCUT2D eigenvalue weighted by molar-refractivity contribution is 0.144. The van der Waals surface area contributed by atoms with Gasteiger partial charge in [0, 0.05) is 10.9 Å². The van der Waals surface area contributed by atoms with E-state index in [9.17, 15) is 8.78 Å². The van der Waals surface area contributed by atoms with Gasteiger partial charge in [-0.25, -0.2) is 8.78 Å². The summed E-state index contributed by atoms with van der Waals surface area (Å²) >= 11 is 3.06. The van der Waals surface area contributed by atoms with E-state index in [0.29, 0.717) is 5.56 Å². The number of nitrogens with zero attached hydrogens (tertiary/aromatic N) is 1. The highest BCUT2D eigenvalue weighted by Crippen LogP contribution is 2.28. The molecule has 0 fully saturated rings. The number of aliphatic hydroxyl groups is 1. The molecule has 1 aromatic heterocycles. The Morgan fingerprint density at radius 1 is 1.50 bits per heavy atom. The molecule has 14 heavy (non-hydrogen) atoms. The number of pyridine rings is 1. The van der Waals surface area contributed by atoms with E-state index in [2.05, 4.69) is 20.9 Å². The monoisotopic (exact) mass is 266 g/mol. The van der Waals surface area contributed by atoms with Crippen LogP contribution in [0.5, 0.6) is 0 Å². The number of hydrogen-bond acceptors (Lipinski definition) is 3. The van der Waals surface area contributed by atoms with Crippen molar-refractivity contribution in [3.63, 3.8) is 0 Å². The zero-order valence-corrected chi connectivity index (χ0v) is 8.76. The lowest BCUT2D eigenvalue weighted by atomic mass is 10.1. The highest BCUT2D eigenvalue weighted by molar-refractivity contribution is 9.08. The van der Waals surface area contributed by atoms with Crippen LogP contribution in [0.3, 0.4) is 0 Å². The number of hydrogen-bond donors (Lipinski definition) is 2. The summed E-state index contributed by atoms with van der Waals surface area (Å²) in [5, 5.41) is 9.16. The van der Waals surface area contributed by atoms with E-state index in [-0.39, 0.29) is 28.9 Å². The molecule has 0 saturated carbocycles. The van der Waals surface area contributed by atoms with Crippen molar-refractivity contribution in [2.45, 2.75) is 18.4 Å². The third-order valence-electron chi connectivity index (χ3n) is 1.86. The first-order valence-corrected chi connectivity index (χ1v) is 4.95. The van der Waals surface area contributed by atoms with Crippen LogP contribution < -0.4 is 5.73 Å². The average molecular weight is 267 g/mol. The van der Waals surface area contributed by atoms with Crippen LogP contribution in [0.4, 0.5) is 14.5 Å². The van der Waals surface area contributed by atoms with Crippen LogP contribution in [0.25, 0.3) is 0 Å². The first-order chi connectivity index (χ1) is 6.61. The molecule has 1 rings (SSSR count). The number of rotatable bonds is 3. The first-order valence-electron chi connectivity index (χ1n) is 3.82. The van der Waals surface area contributed by atoms with Gasteiger partial charge in [0.05, 0.1) is 18.5 Å². The second-order valence-electron chi connectivity index (χ2n) is 2.65. The smallest absolute Gasteiger partial charge is 0.280 e. The van der Waals surface area contributed by atoms with E-state index in [1.165, 1.54) is 0 Å². The first kappa shape index (κ1) is 11.3. The predicted octanol–water partition coefficient (Wildman–Crippen LogP) is 1.99. The van der Waals surface area contributed by atoms with E-state index in [1.54, 1.807) is 0 Å². The Morgan fingerprint density at radius 3 is 2.57 bits per heavy atom. The molecular formula is C8H9BrF2N2O. The van der Waals surface area contributed by atoms with Crippen LogP contribution in [0.1, 0.15) is 23.2 Å². The molecule has 78 valence electrons. The zero-order valence-electron chi connectivity index (χ0n) is 7.17. The van der Waals surface area contributed by atoms with Gasteiger partial charge in [-0.3, -0.25) is 4.98 Å². The van der Waals surface area contributed by atoms with Crippen molar-refractivity contribution in [1.29, 1.82) is 0 Å². The van der Waals surface area contributed by atoms with E-state index in [1.807, 2.05) is 0 Å². The van der Waals surface area contributed by atoms with E-state index < -0.39 is 6.43 Å². The second-order valence-corrected chi connectivity index (χ2v) is 3.21. The molecule has 0 aromatic carbocycles. The molecule has 0 aliphatic heterocycles. The Balaban J connectivity index is 3.33. The quantitative estimate of drug-likeness (QED) is 0.823. The molecule has 1 aromatic rings. The highest BCUT2D eigenvalue weighted by atomic mass is 79.9. The molecule has 0 unspecified atom stereocenters. The minimum Gasteiger partial charge on any atom is -0.397 e. The molecule has 0 saturated heterocycles. The zero-order chi connectivity index (χ0) is 10.7. The van der Waals surface area contributed by atoms with Crippen LogP contribution in [0.2, 0.25) is 0 Å². The van der Waals surface area contributed by atoms with Crippen LogP contribution >= 0.6 is 15.9 Å². The van der Waals surface area contributed by atoms with Crippen molar-refractivity contribution >= 4 is 21.6 Å². The van der Waals surface area contributed by atoms with Crippen molar-refractivity contribution in [2.24, 2.45) is 0 Å².